The Morgan fingerprint density at radius 3 is 3.06 bits per heavy atom. The molecule has 2 heterocycles. The summed E-state index contributed by atoms with van der Waals surface area (Å²) in [6.45, 7) is 4.72. The second kappa shape index (κ2) is 4.59. The fraction of sp³-hybridized carbons (Fsp3) is 0.600. The minimum absolute atomic E-state index is 0.707. The molecule has 2 heteroatoms. The van der Waals surface area contributed by atoms with E-state index in [1.54, 1.807) is 0 Å². The van der Waals surface area contributed by atoms with Crippen LogP contribution in [0.5, 0.6) is 0 Å². The van der Waals surface area contributed by atoms with Gasteiger partial charge in [-0.1, -0.05) is 0 Å². The van der Waals surface area contributed by atoms with E-state index in [4.69, 9.17) is 0 Å². The van der Waals surface area contributed by atoms with Gasteiger partial charge >= 0.3 is 0 Å². The summed E-state index contributed by atoms with van der Waals surface area (Å²) in [6.07, 6.45) is 6.59. The van der Waals surface area contributed by atoms with Crippen LogP contribution >= 0.6 is 0 Å². The van der Waals surface area contributed by atoms with Gasteiger partial charge in [0.05, 0.1) is 0 Å². The number of nitrogens with one attached hydrogen (secondary N) is 1. The summed E-state index contributed by atoms with van der Waals surface area (Å²) in [5, 5.41) is 3.49. The van der Waals surface area contributed by atoms with Gasteiger partial charge in [0.2, 0.25) is 0 Å². The molecule has 0 amide bonds. The molecule has 0 aromatic heterocycles. The first-order chi connectivity index (χ1) is 8.34. The van der Waals surface area contributed by atoms with Crippen molar-refractivity contribution in [2.45, 2.75) is 45.1 Å². The zero-order chi connectivity index (χ0) is 11.7. The lowest BCUT2D eigenvalue weighted by atomic mass is 9.99. The average molecular weight is 230 g/mol. The highest BCUT2D eigenvalue weighted by Crippen LogP contribution is 2.30. The van der Waals surface area contributed by atoms with E-state index in [0.717, 1.165) is 6.54 Å². The lowest BCUT2D eigenvalue weighted by Crippen LogP contribution is -2.37. The van der Waals surface area contributed by atoms with E-state index in [9.17, 15) is 0 Å². The van der Waals surface area contributed by atoms with Gasteiger partial charge in [0.25, 0.3) is 0 Å². The number of benzene rings is 1. The van der Waals surface area contributed by atoms with Crippen molar-refractivity contribution in [3.63, 3.8) is 0 Å². The van der Waals surface area contributed by atoms with Crippen molar-refractivity contribution in [2.24, 2.45) is 0 Å². The number of rotatable bonds is 1. The Labute approximate surface area is 104 Å². The summed E-state index contributed by atoms with van der Waals surface area (Å²) in [7, 11) is 0. The van der Waals surface area contributed by atoms with Crippen molar-refractivity contribution < 1.29 is 0 Å². The molecule has 1 aromatic rings. The number of hydrogen-bond acceptors (Lipinski definition) is 2. The van der Waals surface area contributed by atoms with Crippen LogP contribution in [0.1, 0.15) is 38.2 Å². The van der Waals surface area contributed by atoms with E-state index >= 15 is 0 Å². The van der Waals surface area contributed by atoms with E-state index < -0.39 is 0 Å². The Morgan fingerprint density at radius 2 is 2.18 bits per heavy atom. The lowest BCUT2D eigenvalue weighted by Gasteiger charge is -2.36. The Hall–Kier alpha value is -1.18. The van der Waals surface area contributed by atoms with Gasteiger partial charge in [-0.2, -0.15) is 0 Å². The van der Waals surface area contributed by atoms with Crippen LogP contribution in [-0.2, 0) is 6.42 Å². The Kier molecular flexibility index (Phi) is 2.96. The lowest BCUT2D eigenvalue weighted by molar-refractivity contribution is 0.485. The predicted octanol–water partition coefficient (Wildman–Crippen LogP) is 3.42. The number of piperidine rings is 1. The summed E-state index contributed by atoms with van der Waals surface area (Å²) in [5.41, 5.74) is 4.29. The normalized spacial score (nSPS) is 24.1. The first kappa shape index (κ1) is 10.9. The van der Waals surface area contributed by atoms with E-state index in [1.807, 2.05) is 0 Å². The van der Waals surface area contributed by atoms with E-state index in [-0.39, 0.29) is 0 Å². The van der Waals surface area contributed by atoms with Gasteiger partial charge in [0.1, 0.15) is 0 Å². The van der Waals surface area contributed by atoms with E-state index in [0.29, 0.717) is 6.04 Å². The van der Waals surface area contributed by atoms with Crippen molar-refractivity contribution >= 4 is 11.4 Å². The average Bonchev–Trinajstić information content (AvgIpc) is 2.39. The van der Waals surface area contributed by atoms with Crippen molar-refractivity contribution in [2.75, 3.05) is 23.3 Å². The molecule has 92 valence electrons. The molecular weight excluding hydrogens is 208 g/mol. The van der Waals surface area contributed by atoms with Gasteiger partial charge in [-0.05, 0) is 62.8 Å². The van der Waals surface area contributed by atoms with Crippen molar-refractivity contribution in [3.8, 4) is 0 Å². The predicted molar refractivity (Wildman–Crippen MR) is 73.9 cm³/mol. The molecular formula is C15H22N2. The summed E-state index contributed by atoms with van der Waals surface area (Å²) in [5.74, 6) is 0. The molecule has 1 aromatic carbocycles. The smallest absolute Gasteiger partial charge is 0.0374 e. The molecule has 3 rings (SSSR count). The minimum atomic E-state index is 0.707. The monoisotopic (exact) mass is 230 g/mol. The molecule has 0 aliphatic carbocycles. The topological polar surface area (TPSA) is 15.3 Å². The SMILES string of the molecule is C[C@@H]1CCCCN1c1ccc2c(c1)CCCN2. The second-order valence-electron chi connectivity index (χ2n) is 5.41. The van der Waals surface area contributed by atoms with Crippen LogP contribution in [-0.4, -0.2) is 19.1 Å². The van der Waals surface area contributed by atoms with E-state index in [1.165, 1.54) is 55.6 Å². The van der Waals surface area contributed by atoms with Crippen LogP contribution in [0.15, 0.2) is 18.2 Å². The van der Waals surface area contributed by atoms with Crippen molar-refractivity contribution in [1.29, 1.82) is 0 Å². The van der Waals surface area contributed by atoms with Crippen molar-refractivity contribution in [1.82, 2.24) is 0 Å². The molecule has 1 fully saturated rings. The second-order valence-corrected chi connectivity index (χ2v) is 5.41. The van der Waals surface area contributed by atoms with Gasteiger partial charge < -0.3 is 10.2 Å². The molecule has 0 spiro atoms. The molecule has 2 aliphatic heterocycles. The van der Waals surface area contributed by atoms with Gasteiger partial charge in [-0.3, -0.25) is 0 Å². The number of anilines is 2. The number of nitrogens with zero attached hydrogens (tertiary/aromatic N) is 1. The maximum atomic E-state index is 3.49. The number of fused-ring (bicyclic) bond motifs is 1. The molecule has 2 aliphatic rings. The Morgan fingerprint density at radius 1 is 1.24 bits per heavy atom. The Bertz CT molecular complexity index is 400. The maximum absolute atomic E-state index is 3.49. The third-order valence-electron chi connectivity index (χ3n) is 4.16. The highest BCUT2D eigenvalue weighted by atomic mass is 15.2. The maximum Gasteiger partial charge on any atom is 0.0374 e. The van der Waals surface area contributed by atoms with Crippen LogP contribution in [0, 0.1) is 0 Å². The van der Waals surface area contributed by atoms with Crippen molar-refractivity contribution in [3.05, 3.63) is 23.8 Å². The molecule has 1 N–H and O–H groups in total. The fourth-order valence-corrected chi connectivity index (χ4v) is 3.12. The van der Waals surface area contributed by atoms with Crippen LogP contribution in [0.3, 0.4) is 0 Å². The van der Waals surface area contributed by atoms with Gasteiger partial charge in [-0.15, -0.1) is 0 Å². The van der Waals surface area contributed by atoms with Crippen LogP contribution in [0.2, 0.25) is 0 Å². The molecule has 0 radical (unpaired) electrons. The van der Waals surface area contributed by atoms with Gasteiger partial charge in [-0.25, -0.2) is 0 Å². The van der Waals surface area contributed by atoms with E-state index in [2.05, 4.69) is 35.3 Å². The number of aryl methyl sites for hydroxylation is 1. The standard InChI is InChI=1S/C15H22N2/c1-12-5-2-3-10-17(12)14-7-8-15-13(11-14)6-4-9-16-15/h7-8,11-12,16H,2-6,9-10H2,1H3/t12-/m1/s1. The molecule has 0 unspecified atom stereocenters. The first-order valence-corrected chi connectivity index (χ1v) is 6.98. The highest BCUT2D eigenvalue weighted by Gasteiger charge is 2.19. The molecule has 1 atom stereocenters. The molecule has 1 saturated heterocycles. The third-order valence-corrected chi connectivity index (χ3v) is 4.16. The first-order valence-electron chi connectivity index (χ1n) is 6.98. The highest BCUT2D eigenvalue weighted by molar-refractivity contribution is 5.62. The van der Waals surface area contributed by atoms with Gasteiger partial charge in [0.15, 0.2) is 0 Å². The molecule has 0 bridgehead atoms. The van der Waals surface area contributed by atoms with Gasteiger partial charge in [0, 0.05) is 30.5 Å². The quantitative estimate of drug-likeness (QED) is 0.795. The fourth-order valence-electron chi connectivity index (χ4n) is 3.12. The third kappa shape index (κ3) is 2.13. The minimum Gasteiger partial charge on any atom is -0.385 e. The molecule has 2 nitrogen and oxygen atoms in total. The van der Waals surface area contributed by atoms with Crippen LogP contribution in [0.4, 0.5) is 11.4 Å². The van der Waals surface area contributed by atoms with Crippen LogP contribution < -0.4 is 10.2 Å². The Balaban J connectivity index is 1.87. The largest absolute Gasteiger partial charge is 0.385 e. The summed E-state index contributed by atoms with van der Waals surface area (Å²) in [4.78, 5) is 2.58. The summed E-state index contributed by atoms with van der Waals surface area (Å²) >= 11 is 0. The summed E-state index contributed by atoms with van der Waals surface area (Å²) in [6, 6.07) is 7.67. The number of hydrogen-bond donors (Lipinski definition) is 1. The molecule has 0 saturated carbocycles. The zero-order valence-electron chi connectivity index (χ0n) is 10.7. The summed E-state index contributed by atoms with van der Waals surface area (Å²) < 4.78 is 0. The molecule has 17 heavy (non-hydrogen) atoms. The zero-order valence-corrected chi connectivity index (χ0v) is 10.7. The van der Waals surface area contributed by atoms with Crippen LogP contribution in [0.25, 0.3) is 0 Å².